The Morgan fingerprint density at radius 2 is 2.15 bits per heavy atom. The smallest absolute Gasteiger partial charge is 0.254 e. The van der Waals surface area contributed by atoms with Gasteiger partial charge < -0.3 is 27.0 Å². The van der Waals surface area contributed by atoms with Gasteiger partial charge in [-0.1, -0.05) is 12.1 Å². The summed E-state index contributed by atoms with van der Waals surface area (Å²) in [5.41, 5.74) is 7.52. The zero-order chi connectivity index (χ0) is 19.4. The number of nitrogens with one attached hydrogen (secondary N) is 4. The van der Waals surface area contributed by atoms with Crippen LogP contribution in [-0.2, 0) is 4.79 Å². The van der Waals surface area contributed by atoms with Crippen LogP contribution >= 0.6 is 0 Å². The fourth-order valence-electron chi connectivity index (χ4n) is 2.99. The first kappa shape index (κ1) is 18.6. The highest BCUT2D eigenvalue weighted by atomic mass is 16.2. The van der Waals surface area contributed by atoms with Crippen LogP contribution in [0.5, 0.6) is 0 Å². The van der Waals surface area contributed by atoms with Gasteiger partial charge in [-0.3, -0.25) is 9.59 Å². The molecule has 1 aromatic heterocycles. The third-order valence-corrected chi connectivity index (χ3v) is 4.36. The number of rotatable bonds is 6. The number of anilines is 3. The van der Waals surface area contributed by atoms with Crippen molar-refractivity contribution in [2.24, 2.45) is 5.73 Å². The van der Waals surface area contributed by atoms with Crippen molar-refractivity contribution in [3.8, 4) is 0 Å². The van der Waals surface area contributed by atoms with E-state index in [9.17, 15) is 9.59 Å². The highest BCUT2D eigenvalue weighted by Gasteiger charge is 2.29. The van der Waals surface area contributed by atoms with Crippen molar-refractivity contribution in [2.45, 2.75) is 25.4 Å². The molecule has 142 valence electrons. The topological polar surface area (TPSA) is 134 Å². The lowest BCUT2D eigenvalue weighted by atomic mass is 10.1. The molecule has 2 amide bonds. The summed E-state index contributed by atoms with van der Waals surface area (Å²) in [7, 11) is 1.61. The number of carbonyl (C=O) groups excluding carboxylic acids is 2. The van der Waals surface area contributed by atoms with Gasteiger partial charge in [-0.2, -0.15) is 4.98 Å². The van der Waals surface area contributed by atoms with Crippen molar-refractivity contribution in [2.75, 3.05) is 24.2 Å². The van der Waals surface area contributed by atoms with Gasteiger partial charge in [0.1, 0.15) is 11.4 Å². The molecule has 1 saturated heterocycles. The van der Waals surface area contributed by atoms with Gasteiger partial charge in [-0.25, -0.2) is 4.98 Å². The largest absolute Gasteiger partial charge is 0.365 e. The number of hydrogen-bond acceptors (Lipinski definition) is 7. The number of benzene rings is 1. The zero-order valence-corrected chi connectivity index (χ0v) is 15.2. The predicted octanol–water partition coefficient (Wildman–Crippen LogP) is 0.516. The van der Waals surface area contributed by atoms with Crippen LogP contribution < -0.4 is 27.0 Å². The minimum absolute atomic E-state index is 0.00134. The average molecular weight is 369 g/mol. The van der Waals surface area contributed by atoms with Gasteiger partial charge in [-0.05, 0) is 31.0 Å². The van der Waals surface area contributed by atoms with Crippen molar-refractivity contribution in [3.05, 3.63) is 41.6 Å². The molecule has 6 N–H and O–H groups in total. The van der Waals surface area contributed by atoms with E-state index in [-0.39, 0.29) is 23.6 Å². The fraction of sp³-hybridized carbons (Fsp3) is 0.333. The Balaban J connectivity index is 1.77. The Morgan fingerprint density at radius 3 is 2.85 bits per heavy atom. The summed E-state index contributed by atoms with van der Waals surface area (Å²) < 4.78 is 0. The quantitative estimate of drug-likeness (QED) is 0.501. The summed E-state index contributed by atoms with van der Waals surface area (Å²) in [6.45, 7) is 2.59. The molecule has 2 atom stereocenters. The average Bonchev–Trinajstić information content (AvgIpc) is 3.09. The highest BCUT2D eigenvalue weighted by Crippen LogP contribution is 2.21. The number of carbonyl (C=O) groups is 2. The van der Waals surface area contributed by atoms with Crippen molar-refractivity contribution in [1.82, 2.24) is 20.6 Å². The van der Waals surface area contributed by atoms with E-state index < -0.39 is 5.91 Å². The summed E-state index contributed by atoms with van der Waals surface area (Å²) in [4.78, 5) is 32.0. The first-order chi connectivity index (χ1) is 13.0. The molecule has 1 aliphatic rings. The Kier molecular flexibility index (Phi) is 5.51. The third kappa shape index (κ3) is 4.50. The summed E-state index contributed by atoms with van der Waals surface area (Å²) in [5.74, 6) is 0.0314. The van der Waals surface area contributed by atoms with Crippen LogP contribution in [0, 0.1) is 6.92 Å². The van der Waals surface area contributed by atoms with Gasteiger partial charge in [0.2, 0.25) is 11.9 Å². The van der Waals surface area contributed by atoms with Crippen LogP contribution in [0.1, 0.15) is 22.3 Å². The molecule has 2 heterocycles. The Labute approximate surface area is 157 Å². The number of aryl methyl sites for hydroxylation is 1. The van der Waals surface area contributed by atoms with Crippen LogP contribution in [0.3, 0.4) is 0 Å². The lowest BCUT2D eigenvalue weighted by Gasteiger charge is -2.15. The molecule has 1 fully saturated rings. The molecule has 0 unspecified atom stereocenters. The number of likely N-dealkylation sites (N-methyl/N-ethyl adjacent to an activating group) is 1. The van der Waals surface area contributed by atoms with E-state index in [2.05, 4.69) is 31.2 Å². The second-order valence-electron chi connectivity index (χ2n) is 6.47. The van der Waals surface area contributed by atoms with Crippen LogP contribution in [0.2, 0.25) is 0 Å². The molecule has 0 aliphatic carbocycles. The lowest BCUT2D eigenvalue weighted by molar-refractivity contribution is -0.122. The summed E-state index contributed by atoms with van der Waals surface area (Å²) in [5, 5.41) is 12.1. The minimum Gasteiger partial charge on any atom is -0.365 e. The van der Waals surface area contributed by atoms with E-state index >= 15 is 0 Å². The Morgan fingerprint density at radius 1 is 1.33 bits per heavy atom. The van der Waals surface area contributed by atoms with E-state index in [1.54, 1.807) is 7.05 Å². The monoisotopic (exact) mass is 369 g/mol. The summed E-state index contributed by atoms with van der Waals surface area (Å²) >= 11 is 0. The highest BCUT2D eigenvalue weighted by molar-refractivity contribution is 5.98. The Bertz CT molecular complexity index is 855. The molecule has 9 nitrogen and oxygen atoms in total. The van der Waals surface area contributed by atoms with Gasteiger partial charge in [0.25, 0.3) is 5.91 Å². The molecular formula is C18H23N7O2. The molecule has 3 rings (SSSR count). The number of nitrogens with two attached hydrogens (primary N) is 1. The molecule has 1 aromatic carbocycles. The van der Waals surface area contributed by atoms with Crippen LogP contribution in [0.25, 0.3) is 0 Å². The van der Waals surface area contributed by atoms with E-state index in [0.29, 0.717) is 24.7 Å². The second-order valence-corrected chi connectivity index (χ2v) is 6.47. The first-order valence-corrected chi connectivity index (χ1v) is 8.68. The maximum atomic E-state index is 11.7. The maximum absolute atomic E-state index is 11.7. The number of nitrogens with zero attached hydrogens (tertiary/aromatic N) is 2. The van der Waals surface area contributed by atoms with Gasteiger partial charge in [0.05, 0.1) is 6.04 Å². The molecule has 0 bridgehead atoms. The van der Waals surface area contributed by atoms with Crippen LogP contribution in [0.4, 0.5) is 17.5 Å². The van der Waals surface area contributed by atoms with E-state index in [0.717, 1.165) is 11.3 Å². The number of hydrogen-bond donors (Lipinski definition) is 5. The van der Waals surface area contributed by atoms with Gasteiger partial charge >= 0.3 is 0 Å². The van der Waals surface area contributed by atoms with E-state index in [1.165, 1.54) is 6.20 Å². The standard InChI is InChI=1S/C18H23N7O2/c1-10-4-3-5-11(6-10)23-16-13(15(19)26)9-22-18(25-16)24-12-7-14(21-8-12)17(27)20-2/h3-6,9,12,14,21H,7-8H2,1-2H3,(H2,19,26)(H,20,27)(H2,22,23,24,25)/t12-,14+/m1/s1. The Hall–Kier alpha value is -3.20. The summed E-state index contributed by atoms with van der Waals surface area (Å²) in [6, 6.07) is 7.45. The molecule has 9 heteroatoms. The molecule has 27 heavy (non-hydrogen) atoms. The van der Waals surface area contributed by atoms with Crippen molar-refractivity contribution in [1.29, 1.82) is 0 Å². The normalized spacial score (nSPS) is 18.7. The maximum Gasteiger partial charge on any atom is 0.254 e. The number of primary amides is 1. The SMILES string of the molecule is CNC(=O)[C@@H]1C[C@@H](Nc2ncc(C(N)=O)c(Nc3cccc(C)c3)n2)CN1. The van der Waals surface area contributed by atoms with Crippen LogP contribution in [-0.4, -0.2) is 47.5 Å². The van der Waals surface area contributed by atoms with Gasteiger partial charge in [-0.15, -0.1) is 0 Å². The van der Waals surface area contributed by atoms with Crippen molar-refractivity contribution >= 4 is 29.3 Å². The molecule has 0 radical (unpaired) electrons. The molecule has 1 aliphatic heterocycles. The molecule has 2 aromatic rings. The number of aromatic nitrogens is 2. The third-order valence-electron chi connectivity index (χ3n) is 4.36. The zero-order valence-electron chi connectivity index (χ0n) is 15.2. The molecular weight excluding hydrogens is 346 g/mol. The fourth-order valence-corrected chi connectivity index (χ4v) is 2.99. The minimum atomic E-state index is -0.612. The first-order valence-electron chi connectivity index (χ1n) is 8.68. The van der Waals surface area contributed by atoms with Gasteiger partial charge in [0.15, 0.2) is 0 Å². The number of amides is 2. The lowest BCUT2D eigenvalue weighted by Crippen LogP contribution is -2.38. The van der Waals surface area contributed by atoms with Crippen molar-refractivity contribution in [3.63, 3.8) is 0 Å². The van der Waals surface area contributed by atoms with Gasteiger partial charge in [0, 0.05) is 31.5 Å². The van der Waals surface area contributed by atoms with Crippen LogP contribution in [0.15, 0.2) is 30.5 Å². The summed E-state index contributed by atoms with van der Waals surface area (Å²) in [6.07, 6.45) is 2.01. The second kappa shape index (κ2) is 8.00. The van der Waals surface area contributed by atoms with E-state index in [4.69, 9.17) is 5.73 Å². The molecule has 0 saturated carbocycles. The van der Waals surface area contributed by atoms with E-state index in [1.807, 2.05) is 31.2 Å². The van der Waals surface area contributed by atoms with Crippen molar-refractivity contribution < 1.29 is 9.59 Å². The predicted molar refractivity (Wildman–Crippen MR) is 103 cm³/mol. The molecule has 0 spiro atoms.